The molecule has 4 aromatic rings. The molecule has 0 fully saturated rings. The van der Waals surface area contributed by atoms with Crippen LogP contribution in [0.15, 0.2) is 97.1 Å². The van der Waals surface area contributed by atoms with Crippen LogP contribution in [0, 0.1) is 6.92 Å². The molecule has 8 heteroatoms. The van der Waals surface area contributed by atoms with Crippen LogP contribution in [-0.4, -0.2) is 74.2 Å². The second-order valence-electron chi connectivity index (χ2n) is 11.4. The van der Waals surface area contributed by atoms with Gasteiger partial charge in [0.25, 0.3) is 5.91 Å². The highest BCUT2D eigenvalue weighted by atomic mass is 16.5. The molecular formula is C37H44N4O4. The molecule has 0 atom stereocenters. The Hall–Kier alpha value is -4.66. The lowest BCUT2D eigenvalue weighted by Crippen LogP contribution is -2.36. The lowest BCUT2D eigenvalue weighted by molar-refractivity contribution is -0.115. The zero-order valence-corrected chi connectivity index (χ0v) is 26.7. The number of nitrogens with one attached hydrogen (secondary N) is 1. The van der Waals surface area contributed by atoms with Crippen LogP contribution in [0.2, 0.25) is 0 Å². The van der Waals surface area contributed by atoms with Crippen molar-refractivity contribution >= 4 is 28.9 Å². The maximum absolute atomic E-state index is 12.8. The number of hydrogen-bond donors (Lipinski definition) is 2. The van der Waals surface area contributed by atoms with Crippen LogP contribution in [0.4, 0.5) is 17.1 Å². The number of aryl methyl sites for hydroxylation is 1. The van der Waals surface area contributed by atoms with Crippen molar-refractivity contribution in [3.05, 3.63) is 119 Å². The molecule has 0 radical (unpaired) electrons. The molecule has 0 aliphatic carbocycles. The van der Waals surface area contributed by atoms with Gasteiger partial charge in [-0.15, -0.1) is 0 Å². The minimum Gasteiger partial charge on any atom is -0.490 e. The van der Waals surface area contributed by atoms with Gasteiger partial charge in [-0.25, -0.2) is 0 Å². The number of amides is 2. The van der Waals surface area contributed by atoms with E-state index in [4.69, 9.17) is 4.74 Å². The van der Waals surface area contributed by atoms with Crippen molar-refractivity contribution in [1.29, 1.82) is 0 Å². The Balaban J connectivity index is 0.000000222. The van der Waals surface area contributed by atoms with E-state index in [1.807, 2.05) is 37.3 Å². The minimum absolute atomic E-state index is 0.0884. The Morgan fingerprint density at radius 3 is 2.20 bits per heavy atom. The monoisotopic (exact) mass is 608 g/mol. The van der Waals surface area contributed by atoms with Gasteiger partial charge in [0, 0.05) is 38.1 Å². The van der Waals surface area contributed by atoms with Crippen molar-refractivity contribution in [3.8, 4) is 5.75 Å². The Morgan fingerprint density at radius 2 is 1.53 bits per heavy atom. The van der Waals surface area contributed by atoms with E-state index < -0.39 is 0 Å². The molecule has 0 saturated carbocycles. The number of benzene rings is 4. The maximum atomic E-state index is 12.8. The third-order valence-electron chi connectivity index (χ3n) is 7.45. The molecule has 0 saturated heterocycles. The molecule has 8 nitrogen and oxygen atoms in total. The van der Waals surface area contributed by atoms with E-state index in [0.717, 1.165) is 17.7 Å². The number of β-amino-alcohol motifs (C(OH)–C–C–N with tert-alkyl or cyclic N) is 1. The summed E-state index contributed by atoms with van der Waals surface area (Å²) in [6.07, 6.45) is 0.908. The summed E-state index contributed by atoms with van der Waals surface area (Å²) in [4.78, 5) is 31.2. The van der Waals surface area contributed by atoms with Crippen molar-refractivity contribution in [2.45, 2.75) is 26.3 Å². The second kappa shape index (κ2) is 16.4. The van der Waals surface area contributed by atoms with Crippen LogP contribution >= 0.6 is 0 Å². The number of para-hydroxylation sites is 2. The van der Waals surface area contributed by atoms with E-state index >= 15 is 0 Å². The topological polar surface area (TPSA) is 85.3 Å². The van der Waals surface area contributed by atoms with Crippen molar-refractivity contribution in [1.82, 2.24) is 9.80 Å². The molecule has 0 aromatic heterocycles. The quantitative estimate of drug-likeness (QED) is 0.246. The van der Waals surface area contributed by atoms with Gasteiger partial charge in [-0.05, 0) is 75.0 Å². The fraction of sp³-hybridized carbons (Fsp3) is 0.297. The van der Waals surface area contributed by atoms with E-state index in [2.05, 4.69) is 84.8 Å². The van der Waals surface area contributed by atoms with Crippen molar-refractivity contribution < 1.29 is 19.4 Å². The van der Waals surface area contributed by atoms with E-state index in [1.165, 1.54) is 16.9 Å². The van der Waals surface area contributed by atoms with E-state index in [0.29, 0.717) is 36.6 Å². The first-order chi connectivity index (χ1) is 21.7. The van der Waals surface area contributed by atoms with Gasteiger partial charge in [0.1, 0.15) is 0 Å². The van der Waals surface area contributed by atoms with Crippen molar-refractivity contribution in [3.63, 3.8) is 0 Å². The number of anilines is 3. The summed E-state index contributed by atoms with van der Waals surface area (Å²) >= 11 is 0. The fourth-order valence-corrected chi connectivity index (χ4v) is 5.07. The number of ether oxygens (including phenoxy) is 1. The highest BCUT2D eigenvalue weighted by Crippen LogP contribution is 2.32. The number of aliphatic hydroxyl groups is 1. The van der Waals surface area contributed by atoms with Crippen molar-refractivity contribution in [2.24, 2.45) is 0 Å². The highest BCUT2D eigenvalue weighted by Gasteiger charge is 2.24. The van der Waals surface area contributed by atoms with Gasteiger partial charge >= 0.3 is 0 Å². The molecule has 1 aliphatic heterocycles. The first kappa shape index (κ1) is 33.2. The SMILES string of the molecule is CN(C)Cc1ccc(N(C)c2ccccc2)cc1.Cc1ccc(CC(=O)Nc2cccc3c2OCCCN(CCO)C3=O)cc1. The van der Waals surface area contributed by atoms with Gasteiger partial charge in [-0.1, -0.05) is 66.2 Å². The Bertz CT molecular complexity index is 1520. The largest absolute Gasteiger partial charge is 0.490 e. The third-order valence-corrected chi connectivity index (χ3v) is 7.45. The third kappa shape index (κ3) is 9.66. The summed E-state index contributed by atoms with van der Waals surface area (Å²) in [7, 11) is 6.27. The predicted octanol–water partition coefficient (Wildman–Crippen LogP) is 5.91. The summed E-state index contributed by atoms with van der Waals surface area (Å²) < 4.78 is 5.80. The normalized spacial score (nSPS) is 12.7. The van der Waals surface area contributed by atoms with Gasteiger partial charge in [-0.3, -0.25) is 9.59 Å². The standard InChI is InChI=1S/C21H24N2O4.C16H20N2/c1-15-6-8-16(9-7-15)14-19(25)22-18-5-2-4-17-20(18)27-13-3-10-23(11-12-24)21(17)26;1-17(2)13-14-9-11-16(12-10-14)18(3)15-7-5-4-6-8-15/h2,4-9,24H,3,10-14H2,1H3,(H,22,25);4-12H,13H2,1-3H3. The van der Waals surface area contributed by atoms with E-state index in [9.17, 15) is 14.7 Å². The zero-order chi connectivity index (χ0) is 32.2. The average molecular weight is 609 g/mol. The molecular weight excluding hydrogens is 564 g/mol. The number of nitrogens with zero attached hydrogens (tertiary/aromatic N) is 3. The summed E-state index contributed by atoms with van der Waals surface area (Å²) in [6.45, 7) is 4.14. The fourth-order valence-electron chi connectivity index (χ4n) is 5.07. The summed E-state index contributed by atoms with van der Waals surface area (Å²) in [5, 5.41) is 12.1. The van der Waals surface area contributed by atoms with E-state index in [1.54, 1.807) is 23.1 Å². The van der Waals surface area contributed by atoms with Gasteiger partial charge in [0.05, 0.1) is 30.9 Å². The summed E-state index contributed by atoms with van der Waals surface area (Å²) in [5.41, 5.74) is 6.71. The Labute approximate surface area is 266 Å². The highest BCUT2D eigenvalue weighted by molar-refractivity contribution is 6.01. The van der Waals surface area contributed by atoms with E-state index in [-0.39, 0.29) is 31.4 Å². The van der Waals surface area contributed by atoms with Crippen LogP contribution in [0.1, 0.15) is 33.5 Å². The Morgan fingerprint density at radius 1 is 0.867 bits per heavy atom. The average Bonchev–Trinajstić information content (AvgIpc) is 3.03. The minimum atomic E-state index is -0.201. The first-order valence-electron chi connectivity index (χ1n) is 15.3. The molecule has 5 rings (SSSR count). The van der Waals surface area contributed by atoms with Gasteiger partial charge in [-0.2, -0.15) is 0 Å². The van der Waals surface area contributed by atoms with Crippen LogP contribution < -0.4 is 15.0 Å². The molecule has 1 aliphatic rings. The molecule has 0 unspecified atom stereocenters. The zero-order valence-electron chi connectivity index (χ0n) is 26.7. The maximum Gasteiger partial charge on any atom is 0.257 e. The molecule has 236 valence electrons. The molecule has 2 amide bonds. The van der Waals surface area contributed by atoms with Crippen LogP contribution in [0.25, 0.3) is 0 Å². The lowest BCUT2D eigenvalue weighted by atomic mass is 10.1. The smallest absolute Gasteiger partial charge is 0.257 e. The van der Waals surface area contributed by atoms with Crippen LogP contribution in [-0.2, 0) is 17.8 Å². The van der Waals surface area contributed by atoms with Crippen LogP contribution in [0.3, 0.4) is 0 Å². The molecule has 0 spiro atoms. The molecule has 1 heterocycles. The lowest BCUT2D eigenvalue weighted by Gasteiger charge is -2.26. The number of carbonyl (C=O) groups is 2. The Kier molecular flexibility index (Phi) is 12.1. The van der Waals surface area contributed by atoms with Crippen LogP contribution in [0.5, 0.6) is 5.75 Å². The molecule has 0 bridgehead atoms. The predicted molar refractivity (Wildman–Crippen MR) is 181 cm³/mol. The number of rotatable bonds is 9. The second-order valence-corrected chi connectivity index (χ2v) is 11.4. The first-order valence-corrected chi connectivity index (χ1v) is 15.3. The summed E-state index contributed by atoms with van der Waals surface area (Å²) in [6, 6.07) is 32.1. The molecule has 2 N–H and O–H groups in total. The number of carbonyl (C=O) groups excluding carboxylic acids is 2. The van der Waals surface area contributed by atoms with Gasteiger partial charge in [0.15, 0.2) is 5.75 Å². The van der Waals surface area contributed by atoms with Gasteiger partial charge < -0.3 is 29.9 Å². The molecule has 4 aromatic carbocycles. The number of fused-ring (bicyclic) bond motifs is 1. The van der Waals surface area contributed by atoms with Gasteiger partial charge in [0.2, 0.25) is 5.91 Å². The number of hydrogen-bond acceptors (Lipinski definition) is 6. The number of aliphatic hydroxyl groups excluding tert-OH is 1. The van der Waals surface area contributed by atoms with Crippen molar-refractivity contribution in [2.75, 3.05) is 57.7 Å². The molecule has 45 heavy (non-hydrogen) atoms. The summed E-state index contributed by atoms with van der Waals surface area (Å²) in [5.74, 6) is 0.0216.